The predicted octanol–water partition coefficient (Wildman–Crippen LogP) is 2.53. The van der Waals surface area contributed by atoms with Gasteiger partial charge in [0.05, 0.1) is 17.8 Å². The predicted molar refractivity (Wildman–Crippen MR) is 79.3 cm³/mol. The first-order chi connectivity index (χ1) is 9.83. The van der Waals surface area contributed by atoms with Crippen molar-refractivity contribution in [2.75, 3.05) is 6.54 Å². The summed E-state index contributed by atoms with van der Waals surface area (Å²) in [6, 6.07) is 16.5. The third-order valence-corrected chi connectivity index (χ3v) is 3.94. The van der Waals surface area contributed by atoms with Crippen LogP contribution in [0.15, 0.2) is 54.7 Å². The van der Waals surface area contributed by atoms with E-state index in [9.17, 15) is 5.11 Å². The first-order valence-electron chi connectivity index (χ1n) is 7.20. The van der Waals surface area contributed by atoms with Crippen LogP contribution in [0.5, 0.6) is 0 Å². The van der Waals surface area contributed by atoms with Crippen LogP contribution in [0, 0.1) is 5.92 Å². The van der Waals surface area contributed by atoms with Gasteiger partial charge in [-0.05, 0) is 43.0 Å². The van der Waals surface area contributed by atoms with Crippen molar-refractivity contribution in [3.63, 3.8) is 0 Å². The summed E-state index contributed by atoms with van der Waals surface area (Å²) < 4.78 is 0. The van der Waals surface area contributed by atoms with E-state index in [4.69, 9.17) is 0 Å². The number of aliphatic hydroxyl groups excluding tert-OH is 1. The summed E-state index contributed by atoms with van der Waals surface area (Å²) >= 11 is 0. The molecular formula is C17H20N2O. The van der Waals surface area contributed by atoms with Crippen LogP contribution in [0.2, 0.25) is 0 Å². The fraction of sp³-hybridized carbons (Fsp3) is 0.353. The van der Waals surface area contributed by atoms with Gasteiger partial charge in [0.15, 0.2) is 0 Å². The van der Waals surface area contributed by atoms with Crippen LogP contribution in [0.25, 0.3) is 0 Å². The van der Waals surface area contributed by atoms with E-state index in [0.717, 1.165) is 25.1 Å². The third-order valence-electron chi connectivity index (χ3n) is 3.94. The maximum absolute atomic E-state index is 9.38. The van der Waals surface area contributed by atoms with Crippen molar-refractivity contribution >= 4 is 0 Å². The number of pyridine rings is 1. The van der Waals surface area contributed by atoms with E-state index in [1.54, 1.807) is 0 Å². The molecule has 1 aromatic heterocycles. The molecule has 0 spiro atoms. The van der Waals surface area contributed by atoms with Crippen molar-refractivity contribution in [2.45, 2.75) is 25.0 Å². The van der Waals surface area contributed by atoms with Crippen molar-refractivity contribution in [3.05, 3.63) is 66.0 Å². The quantitative estimate of drug-likeness (QED) is 0.876. The fourth-order valence-corrected chi connectivity index (χ4v) is 2.74. The maximum Gasteiger partial charge on any atom is 0.0751 e. The number of nitrogens with one attached hydrogen (secondary N) is 1. The van der Waals surface area contributed by atoms with E-state index in [1.165, 1.54) is 5.56 Å². The molecule has 1 heterocycles. The number of nitrogens with zero attached hydrogens (tertiary/aromatic N) is 1. The topological polar surface area (TPSA) is 45.1 Å². The highest BCUT2D eigenvalue weighted by Crippen LogP contribution is 2.28. The molecule has 2 aromatic rings. The van der Waals surface area contributed by atoms with Crippen LogP contribution in [0.4, 0.5) is 0 Å². The average Bonchev–Trinajstić information content (AvgIpc) is 2.48. The van der Waals surface area contributed by atoms with Crippen LogP contribution >= 0.6 is 0 Å². The largest absolute Gasteiger partial charge is 0.393 e. The molecule has 1 aliphatic carbocycles. The Labute approximate surface area is 119 Å². The average molecular weight is 268 g/mol. The second kappa shape index (κ2) is 6.16. The molecule has 1 aromatic carbocycles. The van der Waals surface area contributed by atoms with E-state index in [2.05, 4.69) is 40.6 Å². The Balaban J connectivity index is 1.74. The zero-order chi connectivity index (χ0) is 13.8. The molecule has 1 fully saturated rings. The van der Waals surface area contributed by atoms with Crippen LogP contribution in [0.1, 0.15) is 30.1 Å². The summed E-state index contributed by atoms with van der Waals surface area (Å²) in [5.41, 5.74) is 2.27. The molecule has 1 saturated carbocycles. The second-order valence-electron chi connectivity index (χ2n) is 5.50. The molecule has 20 heavy (non-hydrogen) atoms. The molecular weight excluding hydrogens is 248 g/mol. The molecule has 3 heteroatoms. The highest BCUT2D eigenvalue weighted by Gasteiger charge is 2.27. The summed E-state index contributed by atoms with van der Waals surface area (Å²) in [5.74, 6) is 0.583. The molecule has 0 saturated heterocycles. The second-order valence-corrected chi connectivity index (χ2v) is 5.50. The summed E-state index contributed by atoms with van der Waals surface area (Å²) in [6.45, 7) is 0.924. The van der Waals surface area contributed by atoms with Crippen LogP contribution in [0.3, 0.4) is 0 Å². The van der Waals surface area contributed by atoms with Crippen molar-refractivity contribution in [1.29, 1.82) is 0 Å². The third kappa shape index (κ3) is 3.06. The summed E-state index contributed by atoms with van der Waals surface area (Å²) in [5, 5.41) is 13.0. The first-order valence-corrected chi connectivity index (χ1v) is 7.20. The van der Waals surface area contributed by atoms with Crippen molar-refractivity contribution in [2.24, 2.45) is 5.92 Å². The van der Waals surface area contributed by atoms with Crippen molar-refractivity contribution in [3.8, 4) is 0 Å². The highest BCUT2D eigenvalue weighted by atomic mass is 16.3. The summed E-state index contributed by atoms with van der Waals surface area (Å²) in [4.78, 5) is 4.48. The Morgan fingerprint density at radius 3 is 2.50 bits per heavy atom. The van der Waals surface area contributed by atoms with Gasteiger partial charge in [-0.2, -0.15) is 0 Å². The summed E-state index contributed by atoms with van der Waals surface area (Å²) in [7, 11) is 0. The molecule has 0 amide bonds. The van der Waals surface area contributed by atoms with Gasteiger partial charge in [0, 0.05) is 6.20 Å². The standard InChI is InChI=1S/C17H20N2O/c20-15-10-13(11-15)12-19-17(14-6-2-1-3-7-14)16-8-4-5-9-18-16/h1-9,13,15,17,19-20H,10-12H2. The number of aliphatic hydroxyl groups is 1. The van der Waals surface area contributed by atoms with Crippen LogP contribution < -0.4 is 5.32 Å². The van der Waals surface area contributed by atoms with Crippen molar-refractivity contribution in [1.82, 2.24) is 10.3 Å². The molecule has 1 atom stereocenters. The lowest BCUT2D eigenvalue weighted by molar-refractivity contribution is 0.0423. The van der Waals surface area contributed by atoms with Gasteiger partial charge >= 0.3 is 0 Å². The molecule has 1 aliphatic rings. The number of aromatic nitrogens is 1. The number of hydrogen-bond acceptors (Lipinski definition) is 3. The number of rotatable bonds is 5. The molecule has 0 aliphatic heterocycles. The monoisotopic (exact) mass is 268 g/mol. The summed E-state index contributed by atoms with van der Waals surface area (Å²) in [6.07, 6.45) is 3.57. The molecule has 1 unspecified atom stereocenters. The Morgan fingerprint density at radius 2 is 1.85 bits per heavy atom. The molecule has 0 radical (unpaired) electrons. The maximum atomic E-state index is 9.38. The zero-order valence-electron chi connectivity index (χ0n) is 11.4. The van der Waals surface area contributed by atoms with Crippen LogP contribution in [-0.2, 0) is 0 Å². The lowest BCUT2D eigenvalue weighted by Gasteiger charge is -2.33. The van der Waals surface area contributed by atoms with E-state index in [-0.39, 0.29) is 12.1 Å². The highest BCUT2D eigenvalue weighted by molar-refractivity contribution is 5.27. The minimum atomic E-state index is -0.0909. The molecule has 104 valence electrons. The van der Waals surface area contributed by atoms with Crippen molar-refractivity contribution < 1.29 is 5.11 Å². The van der Waals surface area contributed by atoms with Gasteiger partial charge in [-0.15, -0.1) is 0 Å². The van der Waals surface area contributed by atoms with Gasteiger partial charge in [-0.3, -0.25) is 4.98 Å². The van der Waals surface area contributed by atoms with Gasteiger partial charge in [0.25, 0.3) is 0 Å². The van der Waals surface area contributed by atoms with Gasteiger partial charge in [-0.1, -0.05) is 36.4 Å². The minimum Gasteiger partial charge on any atom is -0.393 e. The Hall–Kier alpha value is -1.71. The Kier molecular flexibility index (Phi) is 4.09. The SMILES string of the molecule is OC1CC(CNC(c2ccccc2)c2ccccn2)C1. The zero-order valence-corrected chi connectivity index (χ0v) is 11.4. The van der Waals surface area contributed by atoms with Gasteiger partial charge in [-0.25, -0.2) is 0 Å². The van der Waals surface area contributed by atoms with Gasteiger partial charge in [0.1, 0.15) is 0 Å². The normalized spacial score (nSPS) is 23.1. The number of hydrogen-bond donors (Lipinski definition) is 2. The fourth-order valence-electron chi connectivity index (χ4n) is 2.74. The van der Waals surface area contributed by atoms with E-state index >= 15 is 0 Å². The van der Waals surface area contributed by atoms with E-state index in [0.29, 0.717) is 5.92 Å². The Bertz CT molecular complexity index is 484. The smallest absolute Gasteiger partial charge is 0.0751 e. The van der Waals surface area contributed by atoms with Crippen LogP contribution in [-0.4, -0.2) is 22.7 Å². The lowest BCUT2D eigenvalue weighted by atomic mass is 9.82. The minimum absolute atomic E-state index is 0.0909. The molecule has 0 bridgehead atoms. The van der Waals surface area contributed by atoms with Gasteiger partial charge in [0.2, 0.25) is 0 Å². The van der Waals surface area contributed by atoms with Gasteiger partial charge < -0.3 is 10.4 Å². The Morgan fingerprint density at radius 1 is 1.10 bits per heavy atom. The molecule has 2 N–H and O–H groups in total. The molecule has 3 nitrogen and oxygen atoms in total. The van der Waals surface area contributed by atoms with E-state index < -0.39 is 0 Å². The van der Waals surface area contributed by atoms with E-state index in [1.807, 2.05) is 24.4 Å². The molecule has 3 rings (SSSR count). The first kappa shape index (κ1) is 13.3. The lowest BCUT2D eigenvalue weighted by Crippen LogP contribution is -2.37. The number of benzene rings is 1.